The quantitative estimate of drug-likeness (QED) is 0.433. The molecule has 10 heteroatoms. The van der Waals surface area contributed by atoms with Crippen molar-refractivity contribution in [2.75, 3.05) is 37.1 Å². The maximum Gasteiger partial charge on any atom is 0.272 e. The first-order valence-electron chi connectivity index (χ1n) is 8.69. The molecule has 0 atom stereocenters. The number of hydrazine groups is 2. The Bertz CT molecular complexity index is 606. The third-order valence-corrected chi connectivity index (χ3v) is 3.83. The number of pyridine rings is 1. The topological polar surface area (TPSA) is 97.5 Å². The van der Waals surface area contributed by atoms with E-state index in [1.807, 2.05) is 40.0 Å². The van der Waals surface area contributed by atoms with Crippen LogP contribution in [0.5, 0.6) is 0 Å². The van der Waals surface area contributed by atoms with Crippen LogP contribution in [0.25, 0.3) is 0 Å². The first kappa shape index (κ1) is 19.8. The van der Waals surface area contributed by atoms with Crippen molar-refractivity contribution in [1.82, 2.24) is 16.0 Å². The van der Waals surface area contributed by atoms with E-state index in [9.17, 15) is 4.91 Å². The van der Waals surface area contributed by atoms with Crippen LogP contribution in [-0.2, 0) is 4.84 Å². The minimum absolute atomic E-state index is 0.0140. The fourth-order valence-electron chi connectivity index (χ4n) is 2.60. The summed E-state index contributed by atoms with van der Waals surface area (Å²) in [6, 6.07) is 3.94. The summed E-state index contributed by atoms with van der Waals surface area (Å²) < 4.78 is 0. The maximum absolute atomic E-state index is 11.7. The van der Waals surface area contributed by atoms with Gasteiger partial charge in [0.05, 0.1) is 35.5 Å². The number of piperidine rings is 1. The number of nitroso groups, excluding NO2 is 1. The zero-order chi connectivity index (χ0) is 19.2. The van der Waals surface area contributed by atoms with Crippen molar-refractivity contribution in [1.29, 1.82) is 0 Å². The molecule has 2 N–H and O–H groups in total. The summed E-state index contributed by atoms with van der Waals surface area (Å²) in [4.78, 5) is 24.3. The van der Waals surface area contributed by atoms with E-state index < -0.39 is 0 Å². The number of nitrogens with one attached hydrogen (secondary N) is 2. The molecule has 0 radical (unpaired) electrons. The Morgan fingerprint density at radius 3 is 2.58 bits per heavy atom. The first-order valence-corrected chi connectivity index (χ1v) is 8.69. The smallest absolute Gasteiger partial charge is 0.272 e. The highest BCUT2D eigenvalue weighted by Gasteiger charge is 2.25. The third kappa shape index (κ3) is 6.10. The molecule has 0 amide bonds. The summed E-state index contributed by atoms with van der Waals surface area (Å²) >= 11 is 0. The Balaban J connectivity index is 1.78. The molecule has 0 saturated carbocycles. The number of hydrogen-bond acceptors (Lipinski definition) is 6. The predicted molar refractivity (Wildman–Crippen MR) is 99.4 cm³/mol. The molecule has 1 aromatic heterocycles. The SMILES string of the molecule is CN=NN(C)c1ccc(N2CCC(ON[N+](=O)NC(C)(C)C)CC2)nc1. The minimum atomic E-state index is -0.328. The maximum atomic E-state index is 11.7. The van der Waals surface area contributed by atoms with Crippen molar-refractivity contribution in [2.24, 2.45) is 10.3 Å². The lowest BCUT2D eigenvalue weighted by molar-refractivity contribution is -0.717. The fraction of sp³-hybridized carbons (Fsp3) is 0.688. The van der Waals surface area contributed by atoms with E-state index in [1.54, 1.807) is 18.3 Å². The highest BCUT2D eigenvalue weighted by molar-refractivity contribution is 5.49. The van der Waals surface area contributed by atoms with Gasteiger partial charge < -0.3 is 4.90 Å². The molecule has 10 nitrogen and oxygen atoms in total. The number of anilines is 2. The highest BCUT2D eigenvalue weighted by atomic mass is 16.7. The highest BCUT2D eigenvalue weighted by Crippen LogP contribution is 2.21. The molecule has 0 aromatic carbocycles. The van der Waals surface area contributed by atoms with Crippen LogP contribution in [0.3, 0.4) is 0 Å². The molecule has 2 heterocycles. The largest absolute Gasteiger partial charge is 0.356 e. The molecule has 1 fully saturated rings. The Kier molecular flexibility index (Phi) is 6.67. The van der Waals surface area contributed by atoms with E-state index in [2.05, 4.69) is 31.2 Å². The zero-order valence-electron chi connectivity index (χ0n) is 16.1. The van der Waals surface area contributed by atoms with Gasteiger partial charge in [0.1, 0.15) is 5.82 Å². The van der Waals surface area contributed by atoms with Crippen LogP contribution in [0, 0.1) is 4.91 Å². The molecule has 26 heavy (non-hydrogen) atoms. The normalized spacial score (nSPS) is 16.0. The number of nitrogens with zero attached hydrogens (tertiary/aromatic N) is 6. The summed E-state index contributed by atoms with van der Waals surface area (Å²) in [7, 11) is 3.46. The Labute approximate surface area is 154 Å². The molecule has 0 bridgehead atoms. The van der Waals surface area contributed by atoms with Gasteiger partial charge in [-0.3, -0.25) is 0 Å². The third-order valence-electron chi connectivity index (χ3n) is 3.83. The Morgan fingerprint density at radius 2 is 2.04 bits per heavy atom. The van der Waals surface area contributed by atoms with Gasteiger partial charge in [-0.25, -0.2) is 14.8 Å². The lowest BCUT2D eigenvalue weighted by Crippen LogP contribution is -2.50. The Morgan fingerprint density at radius 1 is 1.35 bits per heavy atom. The van der Waals surface area contributed by atoms with Crippen molar-refractivity contribution < 1.29 is 9.82 Å². The molecule has 0 unspecified atom stereocenters. The van der Waals surface area contributed by atoms with Crippen molar-refractivity contribution in [3.05, 3.63) is 23.2 Å². The van der Waals surface area contributed by atoms with Crippen molar-refractivity contribution in [3.63, 3.8) is 0 Å². The lowest BCUT2D eigenvalue weighted by atomic mass is 10.1. The summed E-state index contributed by atoms with van der Waals surface area (Å²) in [5.41, 5.74) is 5.67. The monoisotopic (exact) mass is 365 g/mol. The number of hydrogen-bond donors (Lipinski definition) is 2. The zero-order valence-corrected chi connectivity index (χ0v) is 16.1. The summed E-state index contributed by atoms with van der Waals surface area (Å²) in [6.07, 6.45) is 3.38. The van der Waals surface area contributed by atoms with Crippen LogP contribution in [-0.4, -0.2) is 48.8 Å². The van der Waals surface area contributed by atoms with Crippen molar-refractivity contribution in [3.8, 4) is 0 Å². The molecular weight excluding hydrogens is 336 g/mol. The molecule has 1 aliphatic rings. The lowest BCUT2D eigenvalue weighted by Gasteiger charge is -2.31. The van der Waals surface area contributed by atoms with E-state index in [0.717, 1.165) is 37.4 Å². The molecular formula is C16H29N8O2+. The molecule has 1 aromatic rings. The summed E-state index contributed by atoms with van der Waals surface area (Å²) in [6.45, 7) is 7.33. The van der Waals surface area contributed by atoms with Gasteiger partial charge in [-0.15, -0.1) is 5.43 Å². The second kappa shape index (κ2) is 8.75. The molecule has 0 aliphatic carbocycles. The van der Waals surface area contributed by atoms with Crippen LogP contribution in [0.15, 0.2) is 28.7 Å². The van der Waals surface area contributed by atoms with Crippen molar-refractivity contribution in [2.45, 2.75) is 45.3 Å². The molecule has 0 spiro atoms. The van der Waals surface area contributed by atoms with E-state index in [4.69, 9.17) is 4.84 Å². The van der Waals surface area contributed by atoms with Gasteiger partial charge in [0.2, 0.25) is 0 Å². The molecule has 1 saturated heterocycles. The van der Waals surface area contributed by atoms with E-state index in [0.29, 0.717) is 4.98 Å². The average molecular weight is 365 g/mol. The molecule has 144 valence electrons. The fourth-order valence-corrected chi connectivity index (χ4v) is 2.60. The van der Waals surface area contributed by atoms with E-state index in [1.165, 1.54) is 0 Å². The first-order chi connectivity index (χ1) is 12.3. The minimum Gasteiger partial charge on any atom is -0.356 e. The van der Waals surface area contributed by atoms with Gasteiger partial charge in [-0.05, 0) is 45.7 Å². The van der Waals surface area contributed by atoms with Gasteiger partial charge in [-0.1, -0.05) is 5.22 Å². The van der Waals surface area contributed by atoms with Gasteiger partial charge >= 0.3 is 0 Å². The standard InChI is InChI=1S/C16H29N8O2/c1-16(2,3)19-24(25)21-26-14-8-10-23(11-9-14)15-7-6-13(12-18-15)22(5)20-17-4/h6-7,12,14H,8-11H2,1-5H3,(H2,19,21,25)/q+1. The van der Waals surface area contributed by atoms with Crippen LogP contribution in [0.1, 0.15) is 33.6 Å². The van der Waals surface area contributed by atoms with Gasteiger partial charge in [-0.2, -0.15) is 5.11 Å². The van der Waals surface area contributed by atoms with Gasteiger partial charge in [0, 0.05) is 25.7 Å². The molecule has 1 aliphatic heterocycles. The van der Waals surface area contributed by atoms with Gasteiger partial charge in [0.15, 0.2) is 0 Å². The predicted octanol–water partition coefficient (Wildman–Crippen LogP) is 2.00. The second-order valence-corrected chi connectivity index (χ2v) is 7.24. The molecule has 2 rings (SSSR count). The number of aromatic nitrogens is 1. The number of rotatable bonds is 7. The summed E-state index contributed by atoms with van der Waals surface area (Å²) in [5.74, 6) is 0.918. The van der Waals surface area contributed by atoms with Crippen LogP contribution in [0.4, 0.5) is 11.5 Å². The van der Waals surface area contributed by atoms with E-state index in [-0.39, 0.29) is 11.6 Å². The van der Waals surface area contributed by atoms with Crippen LogP contribution >= 0.6 is 0 Å². The van der Waals surface area contributed by atoms with Crippen molar-refractivity contribution >= 4 is 11.5 Å². The Hall–Kier alpha value is -2.49. The average Bonchev–Trinajstić information content (AvgIpc) is 2.59. The van der Waals surface area contributed by atoms with Gasteiger partial charge in [0.25, 0.3) is 4.98 Å². The second-order valence-electron chi connectivity index (χ2n) is 7.24. The summed E-state index contributed by atoms with van der Waals surface area (Å²) in [5, 5.41) is 9.36. The van der Waals surface area contributed by atoms with E-state index >= 15 is 0 Å². The van der Waals surface area contributed by atoms with Crippen LogP contribution in [0.2, 0.25) is 0 Å². The van der Waals surface area contributed by atoms with Crippen LogP contribution < -0.4 is 20.9 Å².